The second kappa shape index (κ2) is 3.98. The average Bonchev–Trinajstić information content (AvgIpc) is 2.07. The number of nitrogens with zero attached hydrogens (tertiary/aromatic N) is 1. The molecule has 0 bridgehead atoms. The van der Waals surface area contributed by atoms with Crippen LogP contribution in [-0.2, 0) is 0 Å². The van der Waals surface area contributed by atoms with Crippen LogP contribution >= 0.6 is 0 Å². The van der Waals surface area contributed by atoms with Gasteiger partial charge in [0, 0.05) is 25.8 Å². The molecule has 11 heavy (non-hydrogen) atoms. The Morgan fingerprint density at radius 2 is 1.91 bits per heavy atom. The lowest BCUT2D eigenvalue weighted by molar-refractivity contribution is 0.886. The van der Waals surface area contributed by atoms with Crippen molar-refractivity contribution in [3.05, 3.63) is 30.3 Å². The van der Waals surface area contributed by atoms with Gasteiger partial charge in [0.1, 0.15) is 0 Å². The van der Waals surface area contributed by atoms with Gasteiger partial charge in [-0.3, -0.25) is 0 Å². The fraction of sp³-hybridized carbons (Fsp3) is 0.333. The summed E-state index contributed by atoms with van der Waals surface area (Å²) in [5, 5.41) is 0. The van der Waals surface area contributed by atoms with Crippen LogP contribution in [0.25, 0.3) is 0 Å². The molecule has 0 radical (unpaired) electrons. The van der Waals surface area contributed by atoms with Crippen LogP contribution in [-0.4, -0.2) is 20.1 Å². The van der Waals surface area contributed by atoms with Gasteiger partial charge in [0.05, 0.1) is 0 Å². The first kappa shape index (κ1) is 8.08. The minimum absolute atomic E-state index is 0.700. The van der Waals surface area contributed by atoms with E-state index in [1.807, 2.05) is 25.2 Å². The third-order valence-corrected chi connectivity index (χ3v) is 1.66. The smallest absolute Gasteiger partial charge is 0.0364 e. The summed E-state index contributed by atoms with van der Waals surface area (Å²) in [7, 11) is 2.04. The van der Waals surface area contributed by atoms with E-state index < -0.39 is 0 Å². The van der Waals surface area contributed by atoms with Gasteiger partial charge in [-0.05, 0) is 12.1 Å². The van der Waals surface area contributed by atoms with Crippen molar-refractivity contribution in [2.45, 2.75) is 0 Å². The lowest BCUT2D eigenvalue weighted by atomic mass is 10.3. The second-order valence-corrected chi connectivity index (χ2v) is 2.55. The summed E-state index contributed by atoms with van der Waals surface area (Å²) < 4.78 is 0. The average molecular weight is 150 g/mol. The topological polar surface area (TPSA) is 29.3 Å². The maximum absolute atomic E-state index is 5.43. The maximum atomic E-state index is 5.43. The highest BCUT2D eigenvalue weighted by atomic mass is 15.1. The van der Waals surface area contributed by atoms with E-state index in [-0.39, 0.29) is 0 Å². The van der Waals surface area contributed by atoms with Crippen LogP contribution in [0.5, 0.6) is 0 Å². The van der Waals surface area contributed by atoms with Crippen molar-refractivity contribution in [2.24, 2.45) is 5.73 Å². The van der Waals surface area contributed by atoms with Crippen LogP contribution in [0.15, 0.2) is 30.3 Å². The minimum atomic E-state index is 0.700. The zero-order valence-corrected chi connectivity index (χ0v) is 6.83. The van der Waals surface area contributed by atoms with Crippen molar-refractivity contribution in [3.8, 4) is 0 Å². The number of hydrogen-bond donors (Lipinski definition) is 1. The quantitative estimate of drug-likeness (QED) is 0.698. The van der Waals surface area contributed by atoms with Crippen LogP contribution in [0.4, 0.5) is 5.69 Å². The van der Waals surface area contributed by atoms with Crippen molar-refractivity contribution < 1.29 is 0 Å². The summed E-state index contributed by atoms with van der Waals surface area (Å²) in [4.78, 5) is 2.14. The normalized spacial score (nSPS) is 9.64. The Bertz CT molecular complexity index is 196. The highest BCUT2D eigenvalue weighted by Gasteiger charge is 1.95. The standard InChI is InChI=1S/C9H14N2/c1-11(8-7-10)9-5-3-2-4-6-9/h2-6H,7-8,10H2,1H3. The first-order chi connectivity index (χ1) is 5.34. The van der Waals surface area contributed by atoms with Crippen molar-refractivity contribution in [2.75, 3.05) is 25.0 Å². The van der Waals surface area contributed by atoms with E-state index in [0.29, 0.717) is 6.54 Å². The van der Waals surface area contributed by atoms with E-state index in [4.69, 9.17) is 5.73 Å². The highest BCUT2D eigenvalue weighted by Crippen LogP contribution is 2.09. The summed E-state index contributed by atoms with van der Waals surface area (Å²) >= 11 is 0. The Hall–Kier alpha value is -1.02. The molecule has 0 aromatic heterocycles. The van der Waals surface area contributed by atoms with Gasteiger partial charge in [-0.25, -0.2) is 0 Å². The van der Waals surface area contributed by atoms with Crippen LogP contribution in [0.3, 0.4) is 0 Å². The molecule has 1 rings (SSSR count). The van der Waals surface area contributed by atoms with Crippen LogP contribution in [0, 0.1) is 0 Å². The Morgan fingerprint density at radius 3 is 2.45 bits per heavy atom. The van der Waals surface area contributed by atoms with Crippen molar-refractivity contribution in [1.29, 1.82) is 0 Å². The zero-order valence-electron chi connectivity index (χ0n) is 6.83. The molecule has 60 valence electrons. The molecule has 0 saturated carbocycles. The Balaban J connectivity index is 2.61. The van der Waals surface area contributed by atoms with E-state index in [1.54, 1.807) is 0 Å². The summed E-state index contributed by atoms with van der Waals surface area (Å²) in [5.41, 5.74) is 6.65. The molecule has 0 spiro atoms. The largest absolute Gasteiger partial charge is 0.373 e. The molecule has 0 fully saturated rings. The molecule has 0 saturated heterocycles. The van der Waals surface area contributed by atoms with Gasteiger partial charge in [-0.1, -0.05) is 18.2 Å². The molecule has 0 aliphatic heterocycles. The summed E-state index contributed by atoms with van der Waals surface area (Å²) in [5.74, 6) is 0. The SMILES string of the molecule is CN(CCN)c1ccccc1. The fourth-order valence-corrected chi connectivity index (χ4v) is 1.01. The van der Waals surface area contributed by atoms with Gasteiger partial charge < -0.3 is 10.6 Å². The Labute approximate surface area is 67.6 Å². The van der Waals surface area contributed by atoms with Crippen LogP contribution in [0.2, 0.25) is 0 Å². The molecule has 2 nitrogen and oxygen atoms in total. The molecule has 0 aliphatic carbocycles. The first-order valence-electron chi connectivity index (χ1n) is 3.81. The molecule has 1 aromatic rings. The van der Waals surface area contributed by atoms with Crippen molar-refractivity contribution in [3.63, 3.8) is 0 Å². The van der Waals surface area contributed by atoms with Crippen LogP contribution < -0.4 is 10.6 Å². The summed E-state index contributed by atoms with van der Waals surface area (Å²) in [6, 6.07) is 10.2. The van der Waals surface area contributed by atoms with E-state index >= 15 is 0 Å². The number of nitrogens with two attached hydrogens (primary N) is 1. The number of rotatable bonds is 3. The molecule has 0 aliphatic rings. The molecule has 1 aromatic carbocycles. The predicted molar refractivity (Wildman–Crippen MR) is 48.8 cm³/mol. The summed E-state index contributed by atoms with van der Waals surface area (Å²) in [6.07, 6.45) is 0. The number of likely N-dealkylation sites (N-methyl/N-ethyl adjacent to an activating group) is 1. The molecule has 0 heterocycles. The number of para-hydroxylation sites is 1. The molecule has 0 amide bonds. The van der Waals surface area contributed by atoms with Gasteiger partial charge in [0.2, 0.25) is 0 Å². The number of benzene rings is 1. The predicted octanol–water partition coefficient (Wildman–Crippen LogP) is 1.08. The molecular formula is C9H14N2. The molecule has 0 unspecified atom stereocenters. The molecule has 2 heteroatoms. The van der Waals surface area contributed by atoms with Crippen molar-refractivity contribution >= 4 is 5.69 Å². The maximum Gasteiger partial charge on any atom is 0.0364 e. The van der Waals surface area contributed by atoms with Gasteiger partial charge >= 0.3 is 0 Å². The lowest BCUT2D eigenvalue weighted by Gasteiger charge is -2.17. The minimum Gasteiger partial charge on any atom is -0.373 e. The fourth-order valence-electron chi connectivity index (χ4n) is 1.01. The zero-order chi connectivity index (χ0) is 8.10. The lowest BCUT2D eigenvalue weighted by Crippen LogP contribution is -2.24. The van der Waals surface area contributed by atoms with Gasteiger partial charge in [-0.2, -0.15) is 0 Å². The molecular weight excluding hydrogens is 136 g/mol. The van der Waals surface area contributed by atoms with E-state index in [2.05, 4.69) is 17.0 Å². The van der Waals surface area contributed by atoms with Gasteiger partial charge in [0.25, 0.3) is 0 Å². The Kier molecular flexibility index (Phi) is 2.93. The number of hydrogen-bond acceptors (Lipinski definition) is 2. The van der Waals surface area contributed by atoms with E-state index in [1.165, 1.54) is 5.69 Å². The van der Waals surface area contributed by atoms with Crippen molar-refractivity contribution in [1.82, 2.24) is 0 Å². The van der Waals surface area contributed by atoms with Gasteiger partial charge in [-0.15, -0.1) is 0 Å². The third-order valence-electron chi connectivity index (χ3n) is 1.66. The monoisotopic (exact) mass is 150 g/mol. The van der Waals surface area contributed by atoms with Gasteiger partial charge in [0.15, 0.2) is 0 Å². The van der Waals surface area contributed by atoms with Crippen LogP contribution in [0.1, 0.15) is 0 Å². The second-order valence-electron chi connectivity index (χ2n) is 2.55. The highest BCUT2D eigenvalue weighted by molar-refractivity contribution is 5.44. The Morgan fingerprint density at radius 1 is 1.27 bits per heavy atom. The van der Waals surface area contributed by atoms with E-state index in [0.717, 1.165) is 6.54 Å². The summed E-state index contributed by atoms with van der Waals surface area (Å²) in [6.45, 7) is 1.61. The third kappa shape index (κ3) is 2.24. The van der Waals surface area contributed by atoms with E-state index in [9.17, 15) is 0 Å². The molecule has 0 atom stereocenters. The number of anilines is 1. The molecule has 2 N–H and O–H groups in total. The first-order valence-corrected chi connectivity index (χ1v) is 3.81.